The number of unbranched alkanes of at least 4 members (excludes halogenated alkanes) is 3. The van der Waals surface area contributed by atoms with Gasteiger partial charge in [0.05, 0.1) is 10.7 Å². The van der Waals surface area contributed by atoms with E-state index in [0.29, 0.717) is 0 Å². The Labute approximate surface area is 132 Å². The third kappa shape index (κ3) is 5.68. The van der Waals surface area contributed by atoms with Crippen LogP contribution in [0.1, 0.15) is 51.6 Å². The van der Waals surface area contributed by atoms with E-state index in [-0.39, 0.29) is 0 Å². The molecular formula is C17H26ClN3. The average molecular weight is 308 g/mol. The van der Waals surface area contributed by atoms with Crippen molar-refractivity contribution < 1.29 is 0 Å². The second-order valence-corrected chi connectivity index (χ2v) is 6.55. The third-order valence-corrected chi connectivity index (χ3v) is 3.88. The molecule has 116 valence electrons. The molecule has 2 aromatic rings. The van der Waals surface area contributed by atoms with Crippen LogP contribution in [-0.4, -0.2) is 15.9 Å². The van der Waals surface area contributed by atoms with Gasteiger partial charge in [-0.3, -0.25) is 0 Å². The predicted octanol–water partition coefficient (Wildman–Crippen LogP) is 4.68. The summed E-state index contributed by atoms with van der Waals surface area (Å²) < 4.78 is 1.98. The first-order valence-electron chi connectivity index (χ1n) is 7.99. The zero-order chi connectivity index (χ0) is 15.1. The fourth-order valence-electron chi connectivity index (χ4n) is 2.47. The van der Waals surface area contributed by atoms with Crippen molar-refractivity contribution in [1.82, 2.24) is 14.7 Å². The summed E-state index contributed by atoms with van der Waals surface area (Å²) in [7, 11) is 0. The van der Waals surface area contributed by atoms with Gasteiger partial charge in [-0.2, -0.15) is 0 Å². The van der Waals surface area contributed by atoms with Crippen LogP contribution in [0.25, 0.3) is 5.65 Å². The maximum absolute atomic E-state index is 5.97. The largest absolute Gasteiger partial charge is 0.311 e. The highest BCUT2D eigenvalue weighted by molar-refractivity contribution is 6.30. The number of halogens is 1. The molecule has 3 nitrogen and oxygen atoms in total. The van der Waals surface area contributed by atoms with E-state index in [2.05, 4.69) is 24.1 Å². The number of rotatable bonds is 9. The van der Waals surface area contributed by atoms with Gasteiger partial charge in [0.15, 0.2) is 0 Å². The first-order valence-corrected chi connectivity index (χ1v) is 8.37. The highest BCUT2D eigenvalue weighted by Crippen LogP contribution is 2.12. The molecule has 0 aliphatic rings. The van der Waals surface area contributed by atoms with Crippen molar-refractivity contribution in [2.45, 2.75) is 52.5 Å². The molecule has 0 spiro atoms. The van der Waals surface area contributed by atoms with E-state index in [9.17, 15) is 0 Å². The van der Waals surface area contributed by atoms with Gasteiger partial charge in [0.2, 0.25) is 0 Å². The Morgan fingerprint density at radius 2 is 1.95 bits per heavy atom. The zero-order valence-corrected chi connectivity index (χ0v) is 13.9. The van der Waals surface area contributed by atoms with Crippen LogP contribution in [0.4, 0.5) is 0 Å². The smallest absolute Gasteiger partial charge is 0.137 e. The van der Waals surface area contributed by atoms with E-state index in [1.165, 1.54) is 32.1 Å². The molecule has 0 atom stereocenters. The molecule has 0 fully saturated rings. The highest BCUT2D eigenvalue weighted by Gasteiger charge is 2.01. The van der Waals surface area contributed by atoms with Crippen molar-refractivity contribution in [1.29, 1.82) is 0 Å². The van der Waals surface area contributed by atoms with Crippen LogP contribution in [0.15, 0.2) is 24.5 Å². The van der Waals surface area contributed by atoms with E-state index in [1.54, 1.807) is 0 Å². The minimum absolute atomic E-state index is 0.737. The molecule has 2 heterocycles. The standard InChI is InChI=1S/C17H26ClN3/c1-14(2)7-5-3-4-6-10-19-11-16-13-21-12-15(18)8-9-17(21)20-16/h8-9,12-14,19H,3-7,10-11H2,1-2H3. The van der Waals surface area contributed by atoms with Crippen molar-refractivity contribution in [3.8, 4) is 0 Å². The topological polar surface area (TPSA) is 29.3 Å². The zero-order valence-electron chi connectivity index (χ0n) is 13.1. The van der Waals surface area contributed by atoms with E-state index in [0.717, 1.165) is 35.4 Å². The van der Waals surface area contributed by atoms with Gasteiger partial charge < -0.3 is 9.72 Å². The average Bonchev–Trinajstić information content (AvgIpc) is 2.83. The molecule has 2 rings (SSSR count). The molecule has 0 aromatic carbocycles. The monoisotopic (exact) mass is 307 g/mol. The summed E-state index contributed by atoms with van der Waals surface area (Å²) in [6.45, 7) is 6.48. The molecule has 0 aliphatic heterocycles. The van der Waals surface area contributed by atoms with Gasteiger partial charge in [-0.15, -0.1) is 0 Å². The van der Waals surface area contributed by atoms with Gasteiger partial charge in [-0.25, -0.2) is 4.98 Å². The lowest BCUT2D eigenvalue weighted by Crippen LogP contribution is -2.14. The summed E-state index contributed by atoms with van der Waals surface area (Å²) in [6.07, 6.45) is 10.6. The Morgan fingerprint density at radius 1 is 1.14 bits per heavy atom. The Hall–Kier alpha value is -1.06. The number of aromatic nitrogens is 2. The number of imidazole rings is 1. The van der Waals surface area contributed by atoms with Gasteiger partial charge in [0.25, 0.3) is 0 Å². The van der Waals surface area contributed by atoms with Crippen LogP contribution in [0.3, 0.4) is 0 Å². The van der Waals surface area contributed by atoms with Crippen molar-refractivity contribution in [2.24, 2.45) is 5.92 Å². The lowest BCUT2D eigenvalue weighted by atomic mass is 10.0. The number of nitrogens with one attached hydrogen (secondary N) is 1. The summed E-state index contributed by atoms with van der Waals surface area (Å²) in [5.41, 5.74) is 2.02. The van der Waals surface area contributed by atoms with Crippen molar-refractivity contribution in [2.75, 3.05) is 6.54 Å². The lowest BCUT2D eigenvalue weighted by molar-refractivity contribution is 0.512. The number of hydrogen-bond acceptors (Lipinski definition) is 2. The van der Waals surface area contributed by atoms with Crippen LogP contribution in [-0.2, 0) is 6.54 Å². The van der Waals surface area contributed by atoms with Crippen LogP contribution in [0.2, 0.25) is 5.02 Å². The minimum atomic E-state index is 0.737. The third-order valence-electron chi connectivity index (χ3n) is 3.66. The van der Waals surface area contributed by atoms with E-state index >= 15 is 0 Å². The first kappa shape index (κ1) is 16.3. The number of hydrogen-bond donors (Lipinski definition) is 1. The van der Waals surface area contributed by atoms with Crippen molar-refractivity contribution in [3.63, 3.8) is 0 Å². The number of fused-ring (bicyclic) bond motifs is 1. The van der Waals surface area contributed by atoms with Crippen molar-refractivity contribution >= 4 is 17.2 Å². The van der Waals surface area contributed by atoms with E-state index in [1.807, 2.05) is 28.9 Å². The SMILES string of the molecule is CC(C)CCCCCCNCc1cn2cc(Cl)ccc2n1. The molecule has 1 N–H and O–H groups in total. The normalized spacial score (nSPS) is 11.6. The van der Waals surface area contributed by atoms with Gasteiger partial charge in [-0.1, -0.05) is 51.1 Å². The molecule has 0 saturated carbocycles. The summed E-state index contributed by atoms with van der Waals surface area (Å²) >= 11 is 5.97. The van der Waals surface area contributed by atoms with Crippen LogP contribution < -0.4 is 5.32 Å². The molecule has 0 radical (unpaired) electrons. The fraction of sp³-hybridized carbons (Fsp3) is 0.588. The lowest BCUT2D eigenvalue weighted by Gasteiger charge is -2.05. The summed E-state index contributed by atoms with van der Waals surface area (Å²) in [4.78, 5) is 4.56. The molecular weight excluding hydrogens is 282 g/mol. The van der Waals surface area contributed by atoms with Gasteiger partial charge in [0, 0.05) is 18.9 Å². The molecule has 0 bridgehead atoms. The summed E-state index contributed by atoms with van der Waals surface area (Å²) in [5.74, 6) is 0.840. The van der Waals surface area contributed by atoms with Gasteiger partial charge in [-0.05, 0) is 31.0 Å². The highest BCUT2D eigenvalue weighted by atomic mass is 35.5. The molecule has 4 heteroatoms. The maximum Gasteiger partial charge on any atom is 0.137 e. The second-order valence-electron chi connectivity index (χ2n) is 6.12. The second kappa shape index (κ2) is 8.40. The van der Waals surface area contributed by atoms with Crippen LogP contribution >= 0.6 is 11.6 Å². The molecule has 0 amide bonds. The Kier molecular flexibility index (Phi) is 6.52. The molecule has 0 saturated heterocycles. The molecule has 21 heavy (non-hydrogen) atoms. The van der Waals surface area contributed by atoms with Gasteiger partial charge in [0.1, 0.15) is 5.65 Å². The molecule has 2 aromatic heterocycles. The Balaban J connectivity index is 1.62. The van der Waals surface area contributed by atoms with Gasteiger partial charge >= 0.3 is 0 Å². The molecule has 0 aliphatic carbocycles. The maximum atomic E-state index is 5.97. The van der Waals surface area contributed by atoms with Crippen LogP contribution in [0.5, 0.6) is 0 Å². The van der Waals surface area contributed by atoms with Crippen molar-refractivity contribution in [3.05, 3.63) is 35.2 Å². The Bertz CT molecular complexity index is 548. The quantitative estimate of drug-likeness (QED) is 0.681. The predicted molar refractivity (Wildman–Crippen MR) is 89.8 cm³/mol. The van der Waals surface area contributed by atoms with Crippen LogP contribution in [0, 0.1) is 5.92 Å². The fourth-order valence-corrected chi connectivity index (χ4v) is 2.64. The molecule has 0 unspecified atom stereocenters. The summed E-state index contributed by atoms with van der Waals surface area (Å²) in [6, 6.07) is 3.82. The Morgan fingerprint density at radius 3 is 2.76 bits per heavy atom. The van der Waals surface area contributed by atoms with E-state index in [4.69, 9.17) is 11.6 Å². The first-order chi connectivity index (χ1) is 10.1. The van der Waals surface area contributed by atoms with E-state index < -0.39 is 0 Å². The number of nitrogens with zero attached hydrogens (tertiary/aromatic N) is 2. The summed E-state index contributed by atoms with van der Waals surface area (Å²) in [5, 5.41) is 4.20. The number of pyridine rings is 1. The minimum Gasteiger partial charge on any atom is -0.311 e.